The van der Waals surface area contributed by atoms with Gasteiger partial charge in [-0.05, 0) is 19.1 Å². The van der Waals surface area contributed by atoms with Crippen LogP contribution in [0.2, 0.25) is 0 Å². The van der Waals surface area contributed by atoms with E-state index in [1.165, 1.54) is 6.92 Å². The van der Waals surface area contributed by atoms with Crippen LogP contribution in [0, 0.1) is 6.92 Å². The van der Waals surface area contributed by atoms with Gasteiger partial charge in [-0.3, -0.25) is 4.79 Å². The number of nitrogen functional groups attached to an aromatic ring is 1. The number of carboxylic acid groups (broad SMARTS) is 1. The van der Waals surface area contributed by atoms with Gasteiger partial charge in [-0.2, -0.15) is 0 Å². The first-order valence-corrected chi connectivity index (χ1v) is 5.56. The molecule has 0 aliphatic carbocycles. The molecule has 0 fully saturated rings. The molecule has 0 atom stereocenters. The first-order valence-electron chi connectivity index (χ1n) is 4.76. The van der Waals surface area contributed by atoms with E-state index >= 15 is 0 Å². The van der Waals surface area contributed by atoms with E-state index in [0.717, 1.165) is 0 Å². The number of rotatable bonds is 1. The molecule has 1 heterocycles. The summed E-state index contributed by atoms with van der Waals surface area (Å²) in [7, 11) is 0. The molecule has 1 aromatic heterocycles. The summed E-state index contributed by atoms with van der Waals surface area (Å²) in [6, 6.07) is 3.22. The highest BCUT2D eigenvalue weighted by Crippen LogP contribution is 2.23. The molecule has 0 saturated carbocycles. The molecule has 0 aliphatic rings. The number of aromatic amines is 1. The molecule has 0 radical (unpaired) electrons. The Labute approximate surface area is 104 Å². The number of anilines is 1. The largest absolute Gasteiger partial charge is 0.477 e. The summed E-state index contributed by atoms with van der Waals surface area (Å²) in [4.78, 5) is 25.7. The lowest BCUT2D eigenvalue weighted by molar-refractivity contribution is 0.0690. The second-order valence-corrected chi connectivity index (χ2v) is 4.59. The van der Waals surface area contributed by atoms with Crippen LogP contribution in [0.5, 0.6) is 0 Å². The van der Waals surface area contributed by atoms with Gasteiger partial charge in [0.05, 0.1) is 11.2 Å². The molecule has 88 valence electrons. The van der Waals surface area contributed by atoms with Crippen LogP contribution in [0.15, 0.2) is 21.4 Å². The van der Waals surface area contributed by atoms with E-state index < -0.39 is 5.97 Å². The van der Waals surface area contributed by atoms with Gasteiger partial charge in [-0.15, -0.1) is 0 Å². The number of nitrogens with two attached hydrogens (primary N) is 1. The predicted octanol–water partition coefficient (Wildman–Crippen LogP) is 1.88. The number of nitrogens with one attached hydrogen (secondary N) is 1. The van der Waals surface area contributed by atoms with Gasteiger partial charge < -0.3 is 15.8 Å². The standard InChI is InChI=1S/C11H9BrN2O3/c1-4-8(11(16)17)14-9-6(10(4)15)2-5(12)3-7(9)13/h2-3H,13H2,1H3,(H,14,15)(H,16,17). The van der Waals surface area contributed by atoms with E-state index in [4.69, 9.17) is 10.8 Å². The molecule has 0 saturated heterocycles. The van der Waals surface area contributed by atoms with Gasteiger partial charge in [0.15, 0.2) is 5.43 Å². The van der Waals surface area contributed by atoms with Crippen molar-refractivity contribution in [2.45, 2.75) is 6.92 Å². The van der Waals surface area contributed by atoms with Gasteiger partial charge in [0, 0.05) is 15.4 Å². The monoisotopic (exact) mass is 296 g/mol. The van der Waals surface area contributed by atoms with Crippen LogP contribution in [0.1, 0.15) is 16.1 Å². The molecule has 6 heteroatoms. The van der Waals surface area contributed by atoms with E-state index in [-0.39, 0.29) is 16.7 Å². The van der Waals surface area contributed by atoms with Crippen LogP contribution in [-0.2, 0) is 0 Å². The maximum Gasteiger partial charge on any atom is 0.352 e. The predicted molar refractivity (Wildman–Crippen MR) is 68.4 cm³/mol. The minimum atomic E-state index is -1.18. The van der Waals surface area contributed by atoms with Crippen molar-refractivity contribution in [2.75, 3.05) is 5.73 Å². The van der Waals surface area contributed by atoms with E-state index in [1.54, 1.807) is 12.1 Å². The van der Waals surface area contributed by atoms with Crippen molar-refractivity contribution in [1.82, 2.24) is 4.98 Å². The number of hydrogen-bond acceptors (Lipinski definition) is 3. The van der Waals surface area contributed by atoms with Gasteiger partial charge in [-0.25, -0.2) is 4.79 Å². The summed E-state index contributed by atoms with van der Waals surface area (Å²) in [5.74, 6) is -1.18. The number of fused-ring (bicyclic) bond motifs is 1. The second kappa shape index (κ2) is 3.89. The lowest BCUT2D eigenvalue weighted by Gasteiger charge is -2.07. The molecule has 2 aromatic rings. The Morgan fingerprint density at radius 2 is 2.12 bits per heavy atom. The fourth-order valence-corrected chi connectivity index (χ4v) is 2.17. The van der Waals surface area contributed by atoms with Crippen LogP contribution in [-0.4, -0.2) is 16.1 Å². The number of carboxylic acids is 1. The zero-order valence-corrected chi connectivity index (χ0v) is 10.5. The molecule has 17 heavy (non-hydrogen) atoms. The van der Waals surface area contributed by atoms with Crippen LogP contribution < -0.4 is 11.2 Å². The topological polar surface area (TPSA) is 96.2 Å². The van der Waals surface area contributed by atoms with Gasteiger partial charge in [-0.1, -0.05) is 15.9 Å². The van der Waals surface area contributed by atoms with Crippen LogP contribution in [0.25, 0.3) is 10.9 Å². The van der Waals surface area contributed by atoms with Crippen molar-refractivity contribution >= 4 is 38.5 Å². The maximum absolute atomic E-state index is 12.0. The fraction of sp³-hybridized carbons (Fsp3) is 0.0909. The van der Waals surface area contributed by atoms with Crippen molar-refractivity contribution in [3.63, 3.8) is 0 Å². The third kappa shape index (κ3) is 1.80. The molecule has 0 unspecified atom stereocenters. The van der Waals surface area contributed by atoms with Gasteiger partial charge in [0.25, 0.3) is 0 Å². The first kappa shape index (κ1) is 11.7. The molecule has 0 bridgehead atoms. The minimum Gasteiger partial charge on any atom is -0.477 e. The number of H-pyrrole nitrogens is 1. The number of halogens is 1. The highest BCUT2D eigenvalue weighted by molar-refractivity contribution is 9.10. The van der Waals surface area contributed by atoms with E-state index in [2.05, 4.69) is 20.9 Å². The fourth-order valence-electron chi connectivity index (χ4n) is 1.69. The molecular formula is C11H9BrN2O3. The Bertz CT molecular complexity index is 691. The Morgan fingerprint density at radius 1 is 1.47 bits per heavy atom. The summed E-state index contributed by atoms with van der Waals surface area (Å²) >= 11 is 3.24. The lowest BCUT2D eigenvalue weighted by Crippen LogP contribution is -2.16. The minimum absolute atomic E-state index is 0.128. The quantitative estimate of drug-likeness (QED) is 0.700. The number of aromatic carboxylic acids is 1. The molecule has 0 spiro atoms. The third-order valence-corrected chi connectivity index (χ3v) is 3.02. The summed E-state index contributed by atoms with van der Waals surface area (Å²) in [5, 5.41) is 9.35. The van der Waals surface area contributed by atoms with Crippen molar-refractivity contribution in [2.24, 2.45) is 0 Å². The average Bonchev–Trinajstić information content (AvgIpc) is 2.23. The number of carbonyl (C=O) groups is 1. The maximum atomic E-state index is 12.0. The molecule has 0 aliphatic heterocycles. The summed E-state index contributed by atoms with van der Waals surface area (Å²) < 4.78 is 0.676. The van der Waals surface area contributed by atoms with Crippen molar-refractivity contribution in [1.29, 1.82) is 0 Å². The van der Waals surface area contributed by atoms with Crippen LogP contribution in [0.3, 0.4) is 0 Å². The Morgan fingerprint density at radius 3 is 2.71 bits per heavy atom. The first-order chi connectivity index (χ1) is 7.91. The molecular weight excluding hydrogens is 288 g/mol. The molecule has 4 N–H and O–H groups in total. The summed E-state index contributed by atoms with van der Waals surface area (Å²) in [5.41, 5.74) is 6.14. The SMILES string of the molecule is Cc1c(C(=O)O)[nH]c2c(N)cc(Br)cc2c1=O. The van der Waals surface area contributed by atoms with Gasteiger partial charge >= 0.3 is 5.97 Å². The second-order valence-electron chi connectivity index (χ2n) is 3.68. The highest BCUT2D eigenvalue weighted by atomic mass is 79.9. The van der Waals surface area contributed by atoms with E-state index in [1.807, 2.05) is 0 Å². The molecule has 0 amide bonds. The zero-order chi connectivity index (χ0) is 12.7. The van der Waals surface area contributed by atoms with Crippen molar-refractivity contribution < 1.29 is 9.90 Å². The Kier molecular flexibility index (Phi) is 2.66. The Balaban J connectivity index is 3.01. The van der Waals surface area contributed by atoms with Gasteiger partial charge in [0.1, 0.15) is 5.69 Å². The molecule has 5 nitrogen and oxygen atoms in total. The van der Waals surface area contributed by atoms with Crippen molar-refractivity contribution in [3.05, 3.63) is 38.1 Å². The number of benzene rings is 1. The third-order valence-electron chi connectivity index (χ3n) is 2.56. The lowest BCUT2D eigenvalue weighted by atomic mass is 10.1. The van der Waals surface area contributed by atoms with Crippen LogP contribution in [0.4, 0.5) is 5.69 Å². The summed E-state index contributed by atoms with van der Waals surface area (Å²) in [6.07, 6.45) is 0. The van der Waals surface area contributed by atoms with Crippen molar-refractivity contribution in [3.8, 4) is 0 Å². The number of aromatic nitrogens is 1. The molecule has 1 aromatic carbocycles. The van der Waals surface area contributed by atoms with E-state index in [0.29, 0.717) is 21.1 Å². The van der Waals surface area contributed by atoms with Crippen LogP contribution >= 0.6 is 15.9 Å². The molecule has 2 rings (SSSR count). The average molecular weight is 297 g/mol. The van der Waals surface area contributed by atoms with Gasteiger partial charge in [0.2, 0.25) is 0 Å². The Hall–Kier alpha value is -1.82. The smallest absolute Gasteiger partial charge is 0.352 e. The van der Waals surface area contributed by atoms with E-state index in [9.17, 15) is 9.59 Å². The normalized spacial score (nSPS) is 10.7. The number of pyridine rings is 1. The highest BCUT2D eigenvalue weighted by Gasteiger charge is 2.15. The zero-order valence-electron chi connectivity index (χ0n) is 8.87. The summed E-state index contributed by atoms with van der Waals surface area (Å²) in [6.45, 7) is 1.47. The number of hydrogen-bond donors (Lipinski definition) is 3.